The highest BCUT2D eigenvalue weighted by atomic mass is 16.1. The maximum atomic E-state index is 12.5. The van der Waals surface area contributed by atoms with E-state index in [0.29, 0.717) is 0 Å². The monoisotopic (exact) mass is 281 g/mol. The summed E-state index contributed by atoms with van der Waals surface area (Å²) in [6, 6.07) is 14.1. The molecule has 0 unspecified atom stereocenters. The van der Waals surface area contributed by atoms with Gasteiger partial charge in [-0.15, -0.1) is 0 Å². The van der Waals surface area contributed by atoms with Gasteiger partial charge in [-0.05, 0) is 61.6 Å². The van der Waals surface area contributed by atoms with E-state index in [4.69, 9.17) is 0 Å². The van der Waals surface area contributed by atoms with E-state index >= 15 is 0 Å². The zero-order valence-electron chi connectivity index (χ0n) is 13.2. The summed E-state index contributed by atoms with van der Waals surface area (Å²) >= 11 is 0. The lowest BCUT2D eigenvalue weighted by molar-refractivity contribution is 0.0935. The van der Waals surface area contributed by atoms with E-state index in [1.807, 2.05) is 37.3 Å². The van der Waals surface area contributed by atoms with Gasteiger partial charge < -0.3 is 5.32 Å². The van der Waals surface area contributed by atoms with E-state index in [0.717, 1.165) is 17.5 Å². The summed E-state index contributed by atoms with van der Waals surface area (Å²) in [7, 11) is 0. The summed E-state index contributed by atoms with van der Waals surface area (Å²) in [5.41, 5.74) is 5.48. The third kappa shape index (κ3) is 3.52. The first-order chi connectivity index (χ1) is 10.0. The van der Waals surface area contributed by atoms with Gasteiger partial charge >= 0.3 is 0 Å². The van der Waals surface area contributed by atoms with Crippen LogP contribution in [0.5, 0.6) is 0 Å². The van der Waals surface area contributed by atoms with Crippen LogP contribution < -0.4 is 5.32 Å². The van der Waals surface area contributed by atoms with Crippen molar-refractivity contribution >= 4 is 5.91 Å². The molecule has 21 heavy (non-hydrogen) atoms. The van der Waals surface area contributed by atoms with Crippen LogP contribution in [0.4, 0.5) is 0 Å². The largest absolute Gasteiger partial charge is 0.345 e. The Morgan fingerprint density at radius 3 is 2.33 bits per heavy atom. The molecule has 1 N–H and O–H groups in total. The van der Waals surface area contributed by atoms with Gasteiger partial charge in [-0.3, -0.25) is 4.79 Å². The zero-order valence-corrected chi connectivity index (χ0v) is 13.2. The zero-order chi connectivity index (χ0) is 15.4. The van der Waals surface area contributed by atoms with Gasteiger partial charge in [0.25, 0.3) is 5.91 Å². The third-order valence-electron chi connectivity index (χ3n) is 4.05. The van der Waals surface area contributed by atoms with Crippen molar-refractivity contribution in [3.63, 3.8) is 0 Å². The Morgan fingerprint density at radius 2 is 1.71 bits per heavy atom. The van der Waals surface area contributed by atoms with E-state index in [2.05, 4.69) is 38.2 Å². The molecule has 2 nitrogen and oxygen atoms in total. The van der Waals surface area contributed by atoms with Gasteiger partial charge in [-0.25, -0.2) is 0 Å². The number of aryl methyl sites for hydroxylation is 3. The van der Waals surface area contributed by atoms with Gasteiger partial charge in [0.05, 0.1) is 6.04 Å². The van der Waals surface area contributed by atoms with Crippen molar-refractivity contribution in [2.24, 2.45) is 0 Å². The summed E-state index contributed by atoms with van der Waals surface area (Å²) in [6.45, 7) is 8.27. The molecule has 0 aliphatic heterocycles. The van der Waals surface area contributed by atoms with Gasteiger partial charge in [-0.1, -0.05) is 37.3 Å². The molecule has 0 saturated heterocycles. The molecule has 0 heterocycles. The van der Waals surface area contributed by atoms with Gasteiger partial charge in [0.1, 0.15) is 0 Å². The highest BCUT2D eigenvalue weighted by Gasteiger charge is 2.15. The smallest absolute Gasteiger partial charge is 0.251 e. The normalized spacial score (nSPS) is 12.0. The number of hydrogen-bond acceptors (Lipinski definition) is 1. The van der Waals surface area contributed by atoms with Crippen LogP contribution >= 0.6 is 0 Å². The van der Waals surface area contributed by atoms with E-state index in [1.165, 1.54) is 16.7 Å². The first-order valence-electron chi connectivity index (χ1n) is 7.46. The Hall–Kier alpha value is -2.09. The first-order valence-corrected chi connectivity index (χ1v) is 7.46. The van der Waals surface area contributed by atoms with Crippen molar-refractivity contribution in [1.82, 2.24) is 5.32 Å². The molecule has 0 spiro atoms. The fourth-order valence-electron chi connectivity index (χ4n) is 2.50. The van der Waals surface area contributed by atoms with Crippen molar-refractivity contribution in [1.29, 1.82) is 0 Å². The van der Waals surface area contributed by atoms with Crippen LogP contribution in [0, 0.1) is 20.8 Å². The third-order valence-corrected chi connectivity index (χ3v) is 4.05. The second kappa shape index (κ2) is 6.57. The van der Waals surface area contributed by atoms with Crippen molar-refractivity contribution in [3.05, 3.63) is 70.3 Å². The number of nitrogens with one attached hydrogen (secondary N) is 1. The topological polar surface area (TPSA) is 29.1 Å². The SMILES string of the molecule is CC[C@@H](NC(=O)c1ccc(C)c(C)c1)c1ccccc1C. The van der Waals surface area contributed by atoms with Crippen LogP contribution in [-0.4, -0.2) is 5.91 Å². The van der Waals surface area contributed by atoms with E-state index in [-0.39, 0.29) is 11.9 Å². The van der Waals surface area contributed by atoms with Gasteiger partial charge in [0.2, 0.25) is 0 Å². The van der Waals surface area contributed by atoms with Crippen molar-refractivity contribution in [2.75, 3.05) is 0 Å². The minimum absolute atomic E-state index is 0.00629. The van der Waals surface area contributed by atoms with Crippen molar-refractivity contribution in [3.8, 4) is 0 Å². The Morgan fingerprint density at radius 1 is 1.00 bits per heavy atom. The average Bonchev–Trinajstić information content (AvgIpc) is 2.48. The number of carbonyl (C=O) groups excluding carboxylic acids is 1. The van der Waals surface area contributed by atoms with E-state index in [1.54, 1.807) is 0 Å². The quantitative estimate of drug-likeness (QED) is 0.878. The molecule has 0 bridgehead atoms. The molecular weight excluding hydrogens is 258 g/mol. The van der Waals surface area contributed by atoms with Crippen molar-refractivity contribution in [2.45, 2.75) is 40.2 Å². The Balaban J connectivity index is 2.20. The molecule has 0 aliphatic carbocycles. The highest BCUT2D eigenvalue weighted by Crippen LogP contribution is 2.21. The Labute approximate surface area is 127 Å². The van der Waals surface area contributed by atoms with E-state index in [9.17, 15) is 4.79 Å². The number of rotatable bonds is 4. The number of carbonyl (C=O) groups is 1. The minimum Gasteiger partial charge on any atom is -0.345 e. The molecule has 0 radical (unpaired) electrons. The van der Waals surface area contributed by atoms with E-state index < -0.39 is 0 Å². The van der Waals surface area contributed by atoms with Crippen LogP contribution in [0.15, 0.2) is 42.5 Å². The molecule has 2 rings (SSSR count). The Bertz CT molecular complexity index is 646. The Kier molecular flexibility index (Phi) is 4.79. The maximum Gasteiger partial charge on any atom is 0.251 e. The molecule has 110 valence electrons. The summed E-state index contributed by atoms with van der Waals surface area (Å²) in [4.78, 5) is 12.5. The number of benzene rings is 2. The van der Waals surface area contributed by atoms with Gasteiger partial charge in [0, 0.05) is 5.56 Å². The molecule has 2 aromatic rings. The number of hydrogen-bond donors (Lipinski definition) is 1. The predicted molar refractivity (Wildman–Crippen MR) is 87.6 cm³/mol. The van der Waals surface area contributed by atoms with Gasteiger partial charge in [0.15, 0.2) is 0 Å². The molecule has 2 aromatic carbocycles. The molecule has 0 saturated carbocycles. The molecule has 0 aromatic heterocycles. The fourth-order valence-corrected chi connectivity index (χ4v) is 2.50. The van der Waals surface area contributed by atoms with Crippen LogP contribution in [0.25, 0.3) is 0 Å². The second-order valence-electron chi connectivity index (χ2n) is 5.59. The van der Waals surface area contributed by atoms with Crippen LogP contribution in [0.3, 0.4) is 0 Å². The summed E-state index contributed by atoms with van der Waals surface area (Å²) in [5, 5.41) is 3.15. The molecule has 1 amide bonds. The predicted octanol–water partition coefficient (Wildman–Crippen LogP) is 4.49. The van der Waals surface area contributed by atoms with Crippen LogP contribution in [0.1, 0.15) is 52.0 Å². The van der Waals surface area contributed by atoms with Crippen molar-refractivity contribution < 1.29 is 4.79 Å². The molecule has 1 atom stereocenters. The fraction of sp³-hybridized carbons (Fsp3) is 0.316. The minimum atomic E-state index is -0.00629. The van der Waals surface area contributed by atoms with Gasteiger partial charge in [-0.2, -0.15) is 0 Å². The summed E-state index contributed by atoms with van der Waals surface area (Å²) < 4.78 is 0. The first kappa shape index (κ1) is 15.3. The standard InChI is InChI=1S/C19H23NO/c1-5-18(17-9-7-6-8-14(17)3)20-19(21)16-11-10-13(2)15(4)12-16/h6-12,18H,5H2,1-4H3,(H,20,21)/t18-/m1/s1. The van der Waals surface area contributed by atoms with Crippen LogP contribution in [-0.2, 0) is 0 Å². The lowest BCUT2D eigenvalue weighted by Gasteiger charge is -2.19. The summed E-state index contributed by atoms with van der Waals surface area (Å²) in [6.07, 6.45) is 0.876. The number of amides is 1. The highest BCUT2D eigenvalue weighted by molar-refractivity contribution is 5.94. The average molecular weight is 281 g/mol. The lowest BCUT2D eigenvalue weighted by Crippen LogP contribution is -2.28. The lowest BCUT2D eigenvalue weighted by atomic mass is 9.98. The second-order valence-corrected chi connectivity index (χ2v) is 5.59. The molecule has 0 fully saturated rings. The summed E-state index contributed by atoms with van der Waals surface area (Å²) in [5.74, 6) is -0.00629. The maximum absolute atomic E-state index is 12.5. The molecular formula is C19H23NO. The molecule has 2 heteroatoms. The van der Waals surface area contributed by atoms with Crippen LogP contribution in [0.2, 0.25) is 0 Å². The molecule has 0 aliphatic rings.